The predicted octanol–water partition coefficient (Wildman–Crippen LogP) is 3.28. The molecule has 2 aromatic carbocycles. The number of hydrogen-bond acceptors (Lipinski definition) is 3. The van der Waals surface area contributed by atoms with Crippen molar-refractivity contribution in [3.05, 3.63) is 65.7 Å². The second-order valence-corrected chi connectivity index (χ2v) is 7.62. The minimum Gasteiger partial charge on any atom is -0.355 e. The third kappa shape index (κ3) is 7.35. The predicted molar refractivity (Wildman–Crippen MR) is 114 cm³/mol. The maximum atomic E-state index is 11.9. The lowest BCUT2D eigenvalue weighted by Gasteiger charge is -2.16. The summed E-state index contributed by atoms with van der Waals surface area (Å²) in [5.74, 6) is 0.701. The molecule has 0 fully saturated rings. The number of guanidine groups is 1. The molecular weight excluding hydrogens is 356 g/mol. The minimum absolute atomic E-state index is 0.0476. The van der Waals surface area contributed by atoms with Crippen molar-refractivity contribution in [2.45, 2.75) is 30.5 Å². The lowest BCUT2D eigenvalue weighted by atomic mass is 10.1. The van der Waals surface area contributed by atoms with E-state index in [1.165, 1.54) is 4.90 Å². The van der Waals surface area contributed by atoms with E-state index in [9.17, 15) is 4.79 Å². The van der Waals surface area contributed by atoms with Crippen LogP contribution in [-0.2, 0) is 6.54 Å². The number of rotatable bonds is 8. The van der Waals surface area contributed by atoms with Crippen LogP contribution in [-0.4, -0.2) is 37.3 Å². The van der Waals surface area contributed by atoms with E-state index < -0.39 is 0 Å². The second-order valence-electron chi connectivity index (χ2n) is 6.11. The molecule has 1 atom stereocenters. The molecule has 5 nitrogen and oxygen atoms in total. The summed E-state index contributed by atoms with van der Waals surface area (Å²) in [5, 5.41) is 9.89. The molecular formula is C21H28N4OS. The van der Waals surface area contributed by atoms with E-state index in [0.29, 0.717) is 23.9 Å². The Labute approximate surface area is 166 Å². The van der Waals surface area contributed by atoms with Crippen molar-refractivity contribution in [1.82, 2.24) is 16.0 Å². The first-order valence-electron chi connectivity index (χ1n) is 9.15. The van der Waals surface area contributed by atoms with E-state index in [-0.39, 0.29) is 5.91 Å². The number of nitrogens with zero attached hydrogens (tertiary/aromatic N) is 1. The van der Waals surface area contributed by atoms with E-state index in [2.05, 4.69) is 52.1 Å². The third-order valence-electron chi connectivity index (χ3n) is 3.85. The van der Waals surface area contributed by atoms with Crippen LogP contribution in [0.2, 0.25) is 0 Å². The van der Waals surface area contributed by atoms with E-state index in [0.717, 1.165) is 18.1 Å². The largest absolute Gasteiger partial charge is 0.355 e. The molecule has 27 heavy (non-hydrogen) atoms. The normalized spacial score (nSPS) is 12.3. The maximum Gasteiger partial charge on any atom is 0.251 e. The smallest absolute Gasteiger partial charge is 0.251 e. The summed E-state index contributed by atoms with van der Waals surface area (Å²) in [6.45, 7) is 6.13. The van der Waals surface area contributed by atoms with E-state index in [4.69, 9.17) is 0 Å². The summed E-state index contributed by atoms with van der Waals surface area (Å²) in [6, 6.07) is 18.0. The summed E-state index contributed by atoms with van der Waals surface area (Å²) in [4.78, 5) is 17.5. The van der Waals surface area contributed by atoms with Crippen LogP contribution in [0.15, 0.2) is 64.5 Å². The zero-order chi connectivity index (χ0) is 19.5. The van der Waals surface area contributed by atoms with Crippen molar-refractivity contribution in [1.29, 1.82) is 0 Å². The first-order valence-corrected chi connectivity index (χ1v) is 10.0. The molecule has 144 valence electrons. The minimum atomic E-state index is -0.0476. The lowest BCUT2D eigenvalue weighted by molar-refractivity contribution is 0.0955. The maximum absolute atomic E-state index is 11.9. The molecule has 0 heterocycles. The SMILES string of the molecule is CCNC(=O)c1cccc(CNC(=NC)NCC(C)Sc2ccccc2)c1. The van der Waals surface area contributed by atoms with Gasteiger partial charge in [-0.25, -0.2) is 0 Å². The van der Waals surface area contributed by atoms with E-state index in [1.54, 1.807) is 7.05 Å². The van der Waals surface area contributed by atoms with Crippen LogP contribution < -0.4 is 16.0 Å². The molecule has 1 unspecified atom stereocenters. The highest BCUT2D eigenvalue weighted by atomic mass is 32.2. The number of nitrogens with one attached hydrogen (secondary N) is 3. The number of carbonyl (C=O) groups excluding carboxylic acids is 1. The molecule has 2 rings (SSSR count). The van der Waals surface area contributed by atoms with Crippen molar-refractivity contribution in [2.75, 3.05) is 20.1 Å². The number of amides is 1. The molecule has 6 heteroatoms. The van der Waals surface area contributed by atoms with Crippen molar-refractivity contribution < 1.29 is 4.79 Å². The first-order chi connectivity index (χ1) is 13.1. The fourth-order valence-electron chi connectivity index (χ4n) is 2.50. The topological polar surface area (TPSA) is 65.5 Å². The lowest BCUT2D eigenvalue weighted by Crippen LogP contribution is -2.39. The monoisotopic (exact) mass is 384 g/mol. The Kier molecular flexibility index (Phi) is 8.71. The summed E-state index contributed by atoms with van der Waals surface area (Å²) in [5.41, 5.74) is 1.71. The van der Waals surface area contributed by atoms with Gasteiger partial charge in [-0.15, -0.1) is 11.8 Å². The number of benzene rings is 2. The molecule has 0 bridgehead atoms. The number of thioether (sulfide) groups is 1. The fraction of sp³-hybridized carbons (Fsp3) is 0.333. The Balaban J connectivity index is 1.81. The third-order valence-corrected chi connectivity index (χ3v) is 4.96. The second kappa shape index (κ2) is 11.3. The first kappa shape index (κ1) is 20.8. The van der Waals surface area contributed by atoms with Crippen LogP contribution in [0.25, 0.3) is 0 Å². The molecule has 0 spiro atoms. The number of carbonyl (C=O) groups is 1. The Morgan fingerprint density at radius 3 is 2.56 bits per heavy atom. The van der Waals surface area contributed by atoms with E-state index >= 15 is 0 Å². The molecule has 0 radical (unpaired) electrons. The average Bonchev–Trinajstić information content (AvgIpc) is 2.69. The Bertz CT molecular complexity index is 749. The van der Waals surface area contributed by atoms with Gasteiger partial charge in [-0.3, -0.25) is 9.79 Å². The summed E-state index contributed by atoms with van der Waals surface area (Å²) in [6.07, 6.45) is 0. The zero-order valence-corrected chi connectivity index (χ0v) is 17.0. The highest BCUT2D eigenvalue weighted by Crippen LogP contribution is 2.21. The summed E-state index contributed by atoms with van der Waals surface area (Å²) >= 11 is 1.83. The van der Waals surface area contributed by atoms with Gasteiger partial charge in [0.15, 0.2) is 5.96 Å². The van der Waals surface area contributed by atoms with Gasteiger partial charge in [0.25, 0.3) is 5.91 Å². The highest BCUT2D eigenvalue weighted by Gasteiger charge is 2.07. The fourth-order valence-corrected chi connectivity index (χ4v) is 3.45. The van der Waals surface area contributed by atoms with Gasteiger partial charge in [-0.05, 0) is 36.8 Å². The standard InChI is InChI=1S/C21H28N4OS/c1-4-23-20(26)18-10-8-9-17(13-18)15-25-21(22-3)24-14-16(2)27-19-11-6-5-7-12-19/h5-13,16H,4,14-15H2,1-3H3,(H,23,26)(H2,22,24,25). The van der Waals surface area contributed by atoms with Crippen molar-refractivity contribution >= 4 is 23.6 Å². The Morgan fingerprint density at radius 2 is 1.85 bits per heavy atom. The molecule has 0 aromatic heterocycles. The Hall–Kier alpha value is -2.47. The van der Waals surface area contributed by atoms with Gasteiger partial charge < -0.3 is 16.0 Å². The number of hydrogen-bond donors (Lipinski definition) is 3. The van der Waals surface area contributed by atoms with Crippen LogP contribution in [0.5, 0.6) is 0 Å². The Morgan fingerprint density at radius 1 is 1.07 bits per heavy atom. The summed E-state index contributed by atoms with van der Waals surface area (Å²) in [7, 11) is 1.76. The van der Waals surface area contributed by atoms with Gasteiger partial charge in [0.05, 0.1) is 0 Å². The van der Waals surface area contributed by atoms with Gasteiger partial charge in [-0.1, -0.05) is 37.3 Å². The van der Waals surface area contributed by atoms with Crippen molar-refractivity contribution in [3.8, 4) is 0 Å². The molecule has 0 aliphatic carbocycles. The molecule has 0 aliphatic rings. The zero-order valence-electron chi connectivity index (χ0n) is 16.2. The molecule has 0 aliphatic heterocycles. The molecule has 0 saturated heterocycles. The molecule has 0 saturated carbocycles. The molecule has 1 amide bonds. The quantitative estimate of drug-likeness (QED) is 0.371. The van der Waals surface area contributed by atoms with Gasteiger partial charge >= 0.3 is 0 Å². The van der Waals surface area contributed by atoms with Crippen LogP contribution >= 0.6 is 11.8 Å². The highest BCUT2D eigenvalue weighted by molar-refractivity contribution is 8.00. The average molecular weight is 385 g/mol. The number of aliphatic imine (C=N–C) groups is 1. The van der Waals surface area contributed by atoms with Crippen LogP contribution in [0, 0.1) is 0 Å². The van der Waals surface area contributed by atoms with Gasteiger partial charge in [0.1, 0.15) is 0 Å². The van der Waals surface area contributed by atoms with E-state index in [1.807, 2.05) is 49.0 Å². The van der Waals surface area contributed by atoms with Gasteiger partial charge in [0, 0.05) is 42.4 Å². The van der Waals surface area contributed by atoms with Gasteiger partial charge in [0.2, 0.25) is 0 Å². The molecule has 2 aromatic rings. The van der Waals surface area contributed by atoms with Crippen molar-refractivity contribution in [3.63, 3.8) is 0 Å². The van der Waals surface area contributed by atoms with Crippen LogP contribution in [0.4, 0.5) is 0 Å². The van der Waals surface area contributed by atoms with Gasteiger partial charge in [-0.2, -0.15) is 0 Å². The van der Waals surface area contributed by atoms with Crippen molar-refractivity contribution in [2.24, 2.45) is 4.99 Å². The van der Waals surface area contributed by atoms with Crippen LogP contribution in [0.3, 0.4) is 0 Å². The van der Waals surface area contributed by atoms with Crippen LogP contribution in [0.1, 0.15) is 29.8 Å². The summed E-state index contributed by atoms with van der Waals surface area (Å²) < 4.78 is 0. The molecule has 3 N–H and O–H groups in total.